The largest absolute Gasteiger partial charge is 0.309 e. The van der Waals surface area contributed by atoms with Crippen LogP contribution in [0.3, 0.4) is 0 Å². The molecule has 0 saturated heterocycles. The molecular formula is C20H21N5O2S. The van der Waals surface area contributed by atoms with Gasteiger partial charge in [-0.25, -0.2) is 0 Å². The van der Waals surface area contributed by atoms with Gasteiger partial charge in [-0.15, -0.1) is 10.2 Å². The molecule has 2 amide bonds. The van der Waals surface area contributed by atoms with Gasteiger partial charge in [0.15, 0.2) is 5.16 Å². The van der Waals surface area contributed by atoms with Crippen molar-refractivity contribution < 1.29 is 9.59 Å². The number of nitrogens with zero attached hydrogens (tertiary/aromatic N) is 3. The first-order chi connectivity index (χ1) is 13.6. The third kappa shape index (κ3) is 5.68. The summed E-state index contributed by atoms with van der Waals surface area (Å²) < 4.78 is 1.87. The summed E-state index contributed by atoms with van der Waals surface area (Å²) in [6.07, 6.45) is 0.882. The molecule has 0 spiro atoms. The van der Waals surface area contributed by atoms with E-state index in [-0.39, 0.29) is 24.0 Å². The fourth-order valence-corrected chi connectivity index (χ4v) is 3.26. The zero-order valence-electron chi connectivity index (χ0n) is 15.5. The summed E-state index contributed by atoms with van der Waals surface area (Å²) in [6.45, 7) is 0. The zero-order valence-corrected chi connectivity index (χ0v) is 16.3. The molecule has 0 radical (unpaired) electrons. The molecule has 0 aliphatic carbocycles. The molecule has 0 unspecified atom stereocenters. The van der Waals surface area contributed by atoms with E-state index in [1.165, 1.54) is 11.8 Å². The van der Waals surface area contributed by atoms with Crippen LogP contribution >= 0.6 is 11.8 Å². The first-order valence-electron chi connectivity index (χ1n) is 8.78. The van der Waals surface area contributed by atoms with Gasteiger partial charge in [-0.2, -0.15) is 0 Å². The number of aromatic nitrogens is 3. The summed E-state index contributed by atoms with van der Waals surface area (Å²) in [5.74, 6) is 0.376. The molecule has 0 saturated carbocycles. The molecule has 3 aromatic rings. The van der Waals surface area contributed by atoms with Crippen LogP contribution in [-0.4, -0.2) is 32.3 Å². The Morgan fingerprint density at radius 3 is 2.18 bits per heavy atom. The first-order valence-corrected chi connectivity index (χ1v) is 9.77. The highest BCUT2D eigenvalue weighted by atomic mass is 32.2. The fraction of sp³-hybridized carbons (Fsp3) is 0.200. The lowest BCUT2D eigenvalue weighted by molar-refractivity contribution is -0.127. The number of rotatable bonds is 7. The van der Waals surface area contributed by atoms with Crippen molar-refractivity contribution >= 4 is 23.6 Å². The van der Waals surface area contributed by atoms with Crippen LogP contribution in [0.25, 0.3) is 0 Å². The molecule has 144 valence electrons. The second-order valence-corrected chi connectivity index (χ2v) is 7.11. The zero-order chi connectivity index (χ0) is 19.8. The number of nitrogens with one attached hydrogen (secondary N) is 2. The minimum absolute atomic E-state index is 0.128. The van der Waals surface area contributed by atoms with Crippen LogP contribution in [0.4, 0.5) is 0 Å². The number of hydrazine groups is 1. The molecule has 28 heavy (non-hydrogen) atoms. The Hall–Kier alpha value is -3.13. The Bertz CT molecular complexity index is 928. The van der Waals surface area contributed by atoms with Crippen molar-refractivity contribution in [3.05, 3.63) is 77.6 Å². The molecule has 0 atom stereocenters. The van der Waals surface area contributed by atoms with Crippen LogP contribution in [0.15, 0.2) is 65.8 Å². The number of hydrogen-bond acceptors (Lipinski definition) is 5. The van der Waals surface area contributed by atoms with E-state index in [4.69, 9.17) is 0 Å². The Morgan fingerprint density at radius 2 is 1.50 bits per heavy atom. The standard InChI is InChI=1S/C20H21N5O2S/c1-25-17(12-15-8-4-2-5-9-15)21-24-20(25)28-14-19(27)23-22-18(26)13-16-10-6-3-7-11-16/h2-11H,12-14H2,1H3,(H,22,26)(H,23,27). The van der Waals surface area contributed by atoms with E-state index in [1.54, 1.807) is 0 Å². The molecule has 0 aliphatic heterocycles. The molecule has 2 N–H and O–H groups in total. The predicted molar refractivity (Wildman–Crippen MR) is 107 cm³/mol. The van der Waals surface area contributed by atoms with Gasteiger partial charge in [0.1, 0.15) is 5.82 Å². The van der Waals surface area contributed by atoms with Gasteiger partial charge in [-0.1, -0.05) is 72.4 Å². The van der Waals surface area contributed by atoms with Gasteiger partial charge in [0, 0.05) is 13.5 Å². The number of carbonyl (C=O) groups excluding carboxylic acids is 2. The smallest absolute Gasteiger partial charge is 0.248 e. The maximum absolute atomic E-state index is 12.0. The average molecular weight is 395 g/mol. The van der Waals surface area contributed by atoms with E-state index in [0.29, 0.717) is 11.6 Å². The van der Waals surface area contributed by atoms with Gasteiger partial charge in [-0.05, 0) is 11.1 Å². The van der Waals surface area contributed by atoms with Crippen molar-refractivity contribution in [1.82, 2.24) is 25.6 Å². The molecule has 7 nitrogen and oxygen atoms in total. The van der Waals surface area contributed by atoms with Crippen LogP contribution in [0.5, 0.6) is 0 Å². The quantitative estimate of drug-likeness (QED) is 0.471. The maximum Gasteiger partial charge on any atom is 0.248 e. The molecule has 1 heterocycles. The van der Waals surface area contributed by atoms with E-state index in [2.05, 4.69) is 21.0 Å². The van der Waals surface area contributed by atoms with Crippen molar-refractivity contribution in [2.75, 3.05) is 5.75 Å². The topological polar surface area (TPSA) is 88.9 Å². The Kier molecular flexibility index (Phi) is 6.80. The van der Waals surface area contributed by atoms with Crippen LogP contribution in [0.1, 0.15) is 17.0 Å². The van der Waals surface area contributed by atoms with Crippen molar-refractivity contribution in [3.63, 3.8) is 0 Å². The Balaban J connectivity index is 1.44. The Morgan fingerprint density at radius 1 is 0.893 bits per heavy atom. The molecule has 3 rings (SSSR count). The minimum atomic E-state index is -0.306. The summed E-state index contributed by atoms with van der Waals surface area (Å²) in [6, 6.07) is 19.3. The van der Waals surface area contributed by atoms with Crippen molar-refractivity contribution in [2.45, 2.75) is 18.0 Å². The number of benzene rings is 2. The lowest BCUT2D eigenvalue weighted by Crippen LogP contribution is -2.43. The monoisotopic (exact) mass is 395 g/mol. The highest BCUT2D eigenvalue weighted by Gasteiger charge is 2.12. The number of hydrogen-bond donors (Lipinski definition) is 2. The first kappa shape index (κ1) is 19.6. The third-order valence-electron chi connectivity index (χ3n) is 4.01. The normalized spacial score (nSPS) is 10.5. The van der Waals surface area contributed by atoms with Gasteiger partial charge in [0.2, 0.25) is 11.8 Å². The van der Waals surface area contributed by atoms with Gasteiger partial charge in [0.05, 0.1) is 12.2 Å². The van der Waals surface area contributed by atoms with E-state index in [9.17, 15) is 9.59 Å². The molecule has 2 aromatic carbocycles. The number of thioether (sulfide) groups is 1. The molecule has 0 fully saturated rings. The van der Waals surface area contributed by atoms with Crippen LogP contribution in [-0.2, 0) is 29.5 Å². The SMILES string of the molecule is Cn1c(Cc2ccccc2)nnc1SCC(=O)NNC(=O)Cc1ccccc1. The summed E-state index contributed by atoms with van der Waals surface area (Å²) in [5, 5.41) is 8.99. The lowest BCUT2D eigenvalue weighted by Gasteiger charge is -2.07. The van der Waals surface area contributed by atoms with E-state index < -0.39 is 0 Å². The van der Waals surface area contributed by atoms with Crippen LogP contribution in [0, 0.1) is 0 Å². The van der Waals surface area contributed by atoms with E-state index in [1.807, 2.05) is 72.3 Å². The maximum atomic E-state index is 12.0. The Labute approximate surface area is 167 Å². The van der Waals surface area contributed by atoms with E-state index in [0.717, 1.165) is 17.0 Å². The summed E-state index contributed by atoms with van der Waals surface area (Å²) in [5.41, 5.74) is 6.88. The van der Waals surface area contributed by atoms with Crippen molar-refractivity contribution in [2.24, 2.45) is 7.05 Å². The second-order valence-electron chi connectivity index (χ2n) is 6.17. The second kappa shape index (κ2) is 9.70. The average Bonchev–Trinajstić information content (AvgIpc) is 3.06. The van der Waals surface area contributed by atoms with Crippen molar-refractivity contribution in [3.8, 4) is 0 Å². The third-order valence-corrected chi connectivity index (χ3v) is 5.03. The fourth-order valence-electron chi connectivity index (χ4n) is 2.53. The lowest BCUT2D eigenvalue weighted by atomic mass is 10.1. The highest BCUT2D eigenvalue weighted by molar-refractivity contribution is 7.99. The molecule has 1 aromatic heterocycles. The molecule has 0 aliphatic rings. The summed E-state index contributed by atoms with van der Waals surface area (Å²) >= 11 is 1.27. The van der Waals surface area contributed by atoms with Gasteiger partial charge >= 0.3 is 0 Å². The number of carbonyl (C=O) groups is 2. The van der Waals surface area contributed by atoms with Crippen LogP contribution in [0.2, 0.25) is 0 Å². The predicted octanol–water partition coefficient (Wildman–Crippen LogP) is 1.89. The molecule has 8 heteroatoms. The van der Waals surface area contributed by atoms with Gasteiger partial charge < -0.3 is 4.57 Å². The van der Waals surface area contributed by atoms with Gasteiger partial charge in [0.25, 0.3) is 0 Å². The molecule has 0 bridgehead atoms. The van der Waals surface area contributed by atoms with Gasteiger partial charge in [-0.3, -0.25) is 20.4 Å². The molecular weight excluding hydrogens is 374 g/mol. The highest BCUT2D eigenvalue weighted by Crippen LogP contribution is 2.17. The summed E-state index contributed by atoms with van der Waals surface area (Å²) in [4.78, 5) is 23.8. The number of amides is 2. The van der Waals surface area contributed by atoms with Crippen molar-refractivity contribution in [1.29, 1.82) is 0 Å². The van der Waals surface area contributed by atoms with Crippen LogP contribution < -0.4 is 10.9 Å². The van der Waals surface area contributed by atoms with E-state index >= 15 is 0 Å². The summed E-state index contributed by atoms with van der Waals surface area (Å²) in [7, 11) is 1.88. The minimum Gasteiger partial charge on any atom is -0.309 e.